The molecule has 0 aliphatic carbocycles. The molecular weight excluding hydrogens is 350 g/mol. The number of benzene rings is 1. The lowest BCUT2D eigenvalue weighted by Gasteiger charge is -2.29. The average Bonchev–Trinajstić information content (AvgIpc) is 2.54. The van der Waals surface area contributed by atoms with E-state index in [2.05, 4.69) is 15.0 Å². The Kier molecular flexibility index (Phi) is 6.21. The van der Waals surface area contributed by atoms with Crippen LogP contribution in [0.2, 0.25) is 0 Å². The molecule has 25 heavy (non-hydrogen) atoms. The van der Waals surface area contributed by atoms with E-state index in [9.17, 15) is 26.3 Å². The van der Waals surface area contributed by atoms with Gasteiger partial charge in [0.2, 0.25) is 0 Å². The summed E-state index contributed by atoms with van der Waals surface area (Å²) in [5.41, 5.74) is 0.766. The van der Waals surface area contributed by atoms with Crippen LogP contribution in [0, 0.1) is 0 Å². The maximum Gasteiger partial charge on any atom is 0.439 e. The van der Waals surface area contributed by atoms with Crippen molar-refractivity contribution in [3.8, 4) is 5.75 Å². The summed E-state index contributed by atoms with van der Waals surface area (Å²) >= 11 is 0. The lowest BCUT2D eigenvalue weighted by Crippen LogP contribution is -2.45. The zero-order valence-electron chi connectivity index (χ0n) is 13.6. The van der Waals surface area contributed by atoms with Gasteiger partial charge in [-0.1, -0.05) is 12.1 Å². The third-order valence-electron chi connectivity index (χ3n) is 4.07. The molecule has 1 aromatic carbocycles. The van der Waals surface area contributed by atoms with Gasteiger partial charge in [0.1, 0.15) is 5.75 Å². The van der Waals surface area contributed by atoms with E-state index in [1.54, 1.807) is 0 Å². The zero-order valence-corrected chi connectivity index (χ0v) is 13.6. The van der Waals surface area contributed by atoms with Crippen LogP contribution in [0.1, 0.15) is 18.4 Å². The van der Waals surface area contributed by atoms with Crippen molar-refractivity contribution in [2.24, 2.45) is 0 Å². The monoisotopic (exact) mass is 370 g/mol. The highest BCUT2D eigenvalue weighted by molar-refractivity contribution is 5.27. The Balaban J connectivity index is 1.87. The van der Waals surface area contributed by atoms with Gasteiger partial charge in [-0.05, 0) is 50.7 Å². The molecule has 1 N–H and O–H groups in total. The van der Waals surface area contributed by atoms with E-state index >= 15 is 0 Å². The summed E-state index contributed by atoms with van der Waals surface area (Å²) in [7, 11) is 2.05. The summed E-state index contributed by atoms with van der Waals surface area (Å²) < 4.78 is 79.3. The number of hydrogen-bond acceptors (Lipinski definition) is 3. The van der Waals surface area contributed by atoms with Crippen LogP contribution in [0.3, 0.4) is 0 Å². The summed E-state index contributed by atoms with van der Waals surface area (Å²) in [5, 5.41) is 3.34. The summed E-state index contributed by atoms with van der Waals surface area (Å²) in [5.74, 6) is -0.528. The molecule has 0 radical (unpaired) electrons. The highest BCUT2D eigenvalue weighted by atomic mass is 19.4. The van der Waals surface area contributed by atoms with E-state index in [4.69, 9.17) is 0 Å². The highest BCUT2D eigenvalue weighted by Crippen LogP contribution is 2.36. The van der Waals surface area contributed by atoms with Crippen molar-refractivity contribution >= 4 is 0 Å². The molecule has 0 saturated carbocycles. The van der Waals surface area contributed by atoms with E-state index in [1.807, 2.05) is 7.05 Å². The number of piperidine rings is 1. The van der Waals surface area contributed by atoms with Crippen molar-refractivity contribution < 1.29 is 31.1 Å². The van der Waals surface area contributed by atoms with Crippen LogP contribution in [-0.2, 0) is 6.54 Å². The Hall–Kier alpha value is -1.48. The first kappa shape index (κ1) is 19.8. The lowest BCUT2D eigenvalue weighted by molar-refractivity contribution is -0.304. The SMILES string of the molecule is CN1CCC(NCc2ccc(OC(F)(F)C(F)C(F)(F)F)cc2)CC1. The van der Waals surface area contributed by atoms with Crippen LogP contribution >= 0.6 is 0 Å². The zero-order chi connectivity index (χ0) is 18.7. The molecule has 1 unspecified atom stereocenters. The van der Waals surface area contributed by atoms with Crippen LogP contribution in [0.15, 0.2) is 24.3 Å². The number of hydrogen-bond donors (Lipinski definition) is 1. The second kappa shape index (κ2) is 7.82. The van der Waals surface area contributed by atoms with Crippen molar-refractivity contribution in [3.63, 3.8) is 0 Å². The molecule has 1 aromatic rings. The van der Waals surface area contributed by atoms with Gasteiger partial charge in [0.25, 0.3) is 6.17 Å². The smallest absolute Gasteiger partial charge is 0.430 e. The molecule has 1 saturated heterocycles. The molecule has 9 heteroatoms. The normalized spacial score (nSPS) is 19.0. The first-order valence-electron chi connectivity index (χ1n) is 7.86. The van der Waals surface area contributed by atoms with Gasteiger partial charge in [-0.15, -0.1) is 0 Å². The van der Waals surface area contributed by atoms with E-state index in [1.165, 1.54) is 12.1 Å². The molecule has 0 aromatic heterocycles. The molecule has 2 rings (SSSR count). The van der Waals surface area contributed by atoms with Crippen molar-refractivity contribution in [2.75, 3.05) is 20.1 Å². The minimum atomic E-state index is -5.69. The summed E-state index contributed by atoms with van der Waals surface area (Å²) in [4.78, 5) is 2.23. The molecule has 0 bridgehead atoms. The third-order valence-corrected chi connectivity index (χ3v) is 4.07. The van der Waals surface area contributed by atoms with Crippen molar-refractivity contribution in [3.05, 3.63) is 29.8 Å². The fourth-order valence-electron chi connectivity index (χ4n) is 2.55. The number of ether oxygens (including phenoxy) is 1. The molecule has 0 spiro atoms. The highest BCUT2D eigenvalue weighted by Gasteiger charge is 2.59. The third kappa shape index (κ3) is 5.78. The Morgan fingerprint density at radius 3 is 2.20 bits per heavy atom. The van der Waals surface area contributed by atoms with Gasteiger partial charge in [0.15, 0.2) is 0 Å². The summed E-state index contributed by atoms with van der Waals surface area (Å²) in [6.45, 7) is 2.48. The van der Waals surface area contributed by atoms with E-state index in [0.29, 0.717) is 12.6 Å². The van der Waals surface area contributed by atoms with Crippen LogP contribution in [0.4, 0.5) is 26.3 Å². The Labute approximate surface area is 141 Å². The largest absolute Gasteiger partial charge is 0.439 e. The number of rotatable bonds is 6. The molecule has 1 aliphatic heterocycles. The van der Waals surface area contributed by atoms with E-state index in [0.717, 1.165) is 43.6 Å². The molecule has 142 valence electrons. The minimum absolute atomic E-state index is 0.357. The number of likely N-dealkylation sites (tertiary alicyclic amines) is 1. The minimum Gasteiger partial charge on any atom is -0.430 e. The van der Waals surface area contributed by atoms with Crippen LogP contribution in [0.5, 0.6) is 5.75 Å². The van der Waals surface area contributed by atoms with E-state index < -0.39 is 24.2 Å². The molecular formula is C16H20F6N2O. The Morgan fingerprint density at radius 2 is 1.68 bits per heavy atom. The molecule has 0 amide bonds. The predicted molar refractivity (Wildman–Crippen MR) is 80.3 cm³/mol. The predicted octanol–water partition coefficient (Wildman–Crippen LogP) is 3.74. The quantitative estimate of drug-likeness (QED) is 0.772. The molecule has 1 fully saturated rings. The van der Waals surface area contributed by atoms with E-state index in [-0.39, 0.29) is 0 Å². The van der Waals surface area contributed by atoms with Crippen LogP contribution in [0.25, 0.3) is 0 Å². The first-order chi connectivity index (χ1) is 11.6. The van der Waals surface area contributed by atoms with Crippen LogP contribution < -0.4 is 10.1 Å². The lowest BCUT2D eigenvalue weighted by atomic mass is 10.1. The molecule has 1 atom stereocenters. The topological polar surface area (TPSA) is 24.5 Å². The number of alkyl halides is 6. The maximum atomic E-state index is 13.2. The van der Waals surface area contributed by atoms with Gasteiger partial charge in [-0.25, -0.2) is 4.39 Å². The van der Waals surface area contributed by atoms with Crippen molar-refractivity contribution in [2.45, 2.75) is 43.9 Å². The number of nitrogens with zero attached hydrogens (tertiary/aromatic N) is 1. The molecule has 3 nitrogen and oxygen atoms in total. The summed E-state index contributed by atoms with van der Waals surface area (Å²) in [6, 6.07) is 5.46. The Bertz CT molecular complexity index is 541. The van der Waals surface area contributed by atoms with Gasteiger partial charge in [-0.2, -0.15) is 22.0 Å². The summed E-state index contributed by atoms with van der Waals surface area (Å²) in [6.07, 6.45) is -13.1. The second-order valence-electron chi connectivity index (χ2n) is 6.17. The number of nitrogens with one attached hydrogen (secondary N) is 1. The number of halogens is 6. The average molecular weight is 370 g/mol. The standard InChI is InChI=1S/C16H20F6N2O/c1-24-8-6-12(7-9-24)23-10-11-2-4-13(5-3-11)25-16(21,22)14(17)15(18,19)20/h2-5,12,14,23H,6-10H2,1H3. The van der Waals surface area contributed by atoms with Gasteiger partial charge < -0.3 is 15.0 Å². The Morgan fingerprint density at radius 1 is 1.12 bits per heavy atom. The second-order valence-corrected chi connectivity index (χ2v) is 6.17. The van der Waals surface area contributed by atoms with Gasteiger partial charge >= 0.3 is 12.3 Å². The van der Waals surface area contributed by atoms with Crippen LogP contribution in [-0.4, -0.2) is 49.5 Å². The van der Waals surface area contributed by atoms with Crippen molar-refractivity contribution in [1.29, 1.82) is 0 Å². The van der Waals surface area contributed by atoms with Gasteiger partial charge in [0.05, 0.1) is 0 Å². The first-order valence-corrected chi connectivity index (χ1v) is 7.86. The molecule has 1 heterocycles. The molecule has 1 aliphatic rings. The fraction of sp³-hybridized carbons (Fsp3) is 0.625. The van der Waals surface area contributed by atoms with Gasteiger partial charge in [0, 0.05) is 12.6 Å². The van der Waals surface area contributed by atoms with Crippen molar-refractivity contribution in [1.82, 2.24) is 10.2 Å². The maximum absolute atomic E-state index is 13.2. The fourth-order valence-corrected chi connectivity index (χ4v) is 2.55. The van der Waals surface area contributed by atoms with Gasteiger partial charge in [-0.3, -0.25) is 0 Å².